The fraction of sp³-hybridized carbons (Fsp3) is 0.727. The molecule has 0 saturated carbocycles. The van der Waals surface area contributed by atoms with Gasteiger partial charge in [0.1, 0.15) is 5.69 Å². The first-order chi connectivity index (χ1) is 8.51. The predicted octanol–water partition coefficient (Wildman–Crippen LogP) is 1.48. The van der Waals surface area contributed by atoms with E-state index in [2.05, 4.69) is 22.2 Å². The van der Waals surface area contributed by atoms with Gasteiger partial charge in [-0.25, -0.2) is 4.68 Å². The van der Waals surface area contributed by atoms with Crippen LogP contribution in [0.3, 0.4) is 0 Å². The maximum atomic E-state index is 11.0. The summed E-state index contributed by atoms with van der Waals surface area (Å²) < 4.78 is 1.64. The first-order valence-electron chi connectivity index (χ1n) is 6.15. The quantitative estimate of drug-likeness (QED) is 0.590. The van der Waals surface area contributed by atoms with Gasteiger partial charge < -0.3 is 10.2 Å². The molecule has 7 nitrogen and oxygen atoms in total. The van der Waals surface area contributed by atoms with Gasteiger partial charge in [0.2, 0.25) is 5.82 Å². The first kappa shape index (κ1) is 14.4. The number of nitro groups is 1. The van der Waals surface area contributed by atoms with Crippen LogP contribution in [0.2, 0.25) is 0 Å². The highest BCUT2D eigenvalue weighted by Crippen LogP contribution is 2.27. The van der Waals surface area contributed by atoms with Crippen molar-refractivity contribution in [2.75, 3.05) is 32.0 Å². The van der Waals surface area contributed by atoms with Gasteiger partial charge in [-0.15, -0.1) is 0 Å². The molecule has 1 aromatic heterocycles. The van der Waals surface area contributed by atoms with Gasteiger partial charge in [-0.05, 0) is 27.4 Å². The van der Waals surface area contributed by atoms with E-state index in [0.717, 1.165) is 13.1 Å². The number of nitrogens with zero attached hydrogens (tertiary/aromatic N) is 4. The molecule has 0 aliphatic rings. The molecule has 0 amide bonds. The maximum Gasteiger partial charge on any atom is 0.333 e. The average molecular weight is 255 g/mol. The minimum atomic E-state index is -0.375. The van der Waals surface area contributed by atoms with Gasteiger partial charge >= 0.3 is 5.69 Å². The Labute approximate surface area is 107 Å². The van der Waals surface area contributed by atoms with Gasteiger partial charge in [0, 0.05) is 19.6 Å². The van der Waals surface area contributed by atoms with Crippen molar-refractivity contribution in [1.82, 2.24) is 14.7 Å². The van der Waals surface area contributed by atoms with E-state index in [9.17, 15) is 10.1 Å². The molecule has 0 aliphatic heterocycles. The Kier molecular flexibility index (Phi) is 5.08. The molecule has 1 heterocycles. The third-order valence-electron chi connectivity index (χ3n) is 2.90. The van der Waals surface area contributed by atoms with E-state index in [0.29, 0.717) is 24.6 Å². The smallest absolute Gasteiger partial charge is 0.333 e. The second kappa shape index (κ2) is 6.34. The van der Waals surface area contributed by atoms with Gasteiger partial charge in [-0.2, -0.15) is 5.10 Å². The number of hydrogen-bond donors (Lipinski definition) is 1. The Hall–Kier alpha value is -1.63. The number of hydrogen-bond acceptors (Lipinski definition) is 5. The molecule has 0 saturated heterocycles. The monoisotopic (exact) mass is 255 g/mol. The standard InChI is InChI=1S/C11H21N5O2/c1-5-14(4)8-7-12-11-10(16(17)18)9(3)13-15(11)6-2/h12H,5-8H2,1-4H3. The third-order valence-corrected chi connectivity index (χ3v) is 2.90. The highest BCUT2D eigenvalue weighted by atomic mass is 16.6. The van der Waals surface area contributed by atoms with Crippen molar-refractivity contribution in [2.24, 2.45) is 0 Å². The van der Waals surface area contributed by atoms with Gasteiger partial charge in [0.05, 0.1) is 4.92 Å². The van der Waals surface area contributed by atoms with Gasteiger partial charge in [0.15, 0.2) is 0 Å². The van der Waals surface area contributed by atoms with Crippen molar-refractivity contribution >= 4 is 11.5 Å². The molecule has 0 fully saturated rings. The summed E-state index contributed by atoms with van der Waals surface area (Å²) >= 11 is 0. The Morgan fingerprint density at radius 3 is 2.67 bits per heavy atom. The van der Waals surface area contributed by atoms with E-state index in [-0.39, 0.29) is 10.6 Å². The molecular weight excluding hydrogens is 234 g/mol. The van der Waals surface area contributed by atoms with Crippen LogP contribution in [0.4, 0.5) is 11.5 Å². The first-order valence-corrected chi connectivity index (χ1v) is 6.15. The molecule has 7 heteroatoms. The van der Waals surface area contributed by atoms with Crippen molar-refractivity contribution in [3.05, 3.63) is 15.8 Å². The average Bonchev–Trinajstić information content (AvgIpc) is 2.65. The number of anilines is 1. The lowest BCUT2D eigenvalue weighted by molar-refractivity contribution is -0.384. The summed E-state index contributed by atoms with van der Waals surface area (Å²) in [6, 6.07) is 0. The summed E-state index contributed by atoms with van der Waals surface area (Å²) in [6.45, 7) is 8.71. The van der Waals surface area contributed by atoms with E-state index < -0.39 is 0 Å². The molecule has 0 aliphatic carbocycles. The van der Waals surface area contributed by atoms with Crippen LogP contribution in [0.5, 0.6) is 0 Å². The fourth-order valence-corrected chi connectivity index (χ4v) is 1.72. The third kappa shape index (κ3) is 3.19. The number of nitrogens with one attached hydrogen (secondary N) is 1. The Morgan fingerprint density at radius 2 is 2.17 bits per heavy atom. The lowest BCUT2D eigenvalue weighted by atomic mass is 10.4. The van der Waals surface area contributed by atoms with Gasteiger partial charge in [0.25, 0.3) is 0 Å². The van der Waals surface area contributed by atoms with Crippen LogP contribution in [0, 0.1) is 17.0 Å². The zero-order valence-corrected chi connectivity index (χ0v) is 11.4. The topological polar surface area (TPSA) is 76.2 Å². The van der Waals surface area contributed by atoms with Crippen molar-refractivity contribution in [3.63, 3.8) is 0 Å². The van der Waals surface area contributed by atoms with Crippen LogP contribution in [-0.4, -0.2) is 46.3 Å². The summed E-state index contributed by atoms with van der Waals surface area (Å²) in [7, 11) is 2.01. The number of likely N-dealkylation sites (N-methyl/N-ethyl adjacent to an activating group) is 1. The van der Waals surface area contributed by atoms with E-state index in [1.807, 2.05) is 14.0 Å². The van der Waals surface area contributed by atoms with Crippen molar-refractivity contribution in [1.29, 1.82) is 0 Å². The van der Waals surface area contributed by atoms with E-state index in [1.54, 1.807) is 11.6 Å². The molecule has 102 valence electrons. The summed E-state index contributed by atoms with van der Waals surface area (Å²) in [5.74, 6) is 0.504. The zero-order valence-electron chi connectivity index (χ0n) is 11.4. The molecule has 0 aromatic carbocycles. The largest absolute Gasteiger partial charge is 0.363 e. The molecule has 0 atom stereocenters. The molecular formula is C11H21N5O2. The van der Waals surface area contributed by atoms with E-state index in [1.165, 1.54) is 0 Å². The minimum Gasteiger partial charge on any atom is -0.363 e. The summed E-state index contributed by atoms with van der Waals surface area (Å²) in [6.07, 6.45) is 0. The van der Waals surface area contributed by atoms with Crippen LogP contribution in [0.15, 0.2) is 0 Å². The normalized spacial score (nSPS) is 10.9. The molecule has 1 aromatic rings. The Morgan fingerprint density at radius 1 is 1.50 bits per heavy atom. The van der Waals surface area contributed by atoms with Crippen molar-refractivity contribution < 1.29 is 4.92 Å². The number of aromatic nitrogens is 2. The molecule has 1 N–H and O–H groups in total. The lowest BCUT2D eigenvalue weighted by Gasteiger charge is -2.14. The van der Waals surface area contributed by atoms with Crippen LogP contribution < -0.4 is 5.32 Å². The molecule has 0 unspecified atom stereocenters. The summed E-state index contributed by atoms with van der Waals surface area (Å²) in [4.78, 5) is 12.8. The molecule has 0 bridgehead atoms. The predicted molar refractivity (Wildman–Crippen MR) is 71.0 cm³/mol. The Bertz CT molecular complexity index is 416. The summed E-state index contributed by atoms with van der Waals surface area (Å²) in [5, 5.41) is 18.3. The molecule has 1 rings (SSSR count). The second-order valence-electron chi connectivity index (χ2n) is 4.18. The van der Waals surface area contributed by atoms with Gasteiger partial charge in [-0.3, -0.25) is 10.1 Å². The number of rotatable bonds is 7. The van der Waals surface area contributed by atoms with E-state index >= 15 is 0 Å². The SMILES string of the molecule is CCN(C)CCNc1c([N+](=O)[O-])c(C)nn1CC. The van der Waals surface area contributed by atoms with Crippen LogP contribution >= 0.6 is 0 Å². The summed E-state index contributed by atoms with van der Waals surface area (Å²) in [5.41, 5.74) is 0.532. The minimum absolute atomic E-state index is 0.0796. The van der Waals surface area contributed by atoms with Crippen LogP contribution in [0.25, 0.3) is 0 Å². The van der Waals surface area contributed by atoms with Gasteiger partial charge in [-0.1, -0.05) is 6.92 Å². The molecule has 18 heavy (non-hydrogen) atoms. The van der Waals surface area contributed by atoms with Crippen molar-refractivity contribution in [3.8, 4) is 0 Å². The van der Waals surface area contributed by atoms with Crippen LogP contribution in [-0.2, 0) is 6.54 Å². The second-order valence-corrected chi connectivity index (χ2v) is 4.18. The lowest BCUT2D eigenvalue weighted by Crippen LogP contribution is -2.25. The highest BCUT2D eigenvalue weighted by Gasteiger charge is 2.24. The fourth-order valence-electron chi connectivity index (χ4n) is 1.72. The molecule has 0 radical (unpaired) electrons. The highest BCUT2D eigenvalue weighted by molar-refractivity contribution is 5.59. The van der Waals surface area contributed by atoms with E-state index in [4.69, 9.17) is 0 Å². The Balaban J connectivity index is 2.82. The van der Waals surface area contributed by atoms with Crippen LogP contribution in [0.1, 0.15) is 19.5 Å². The number of aryl methyl sites for hydroxylation is 2. The molecule has 0 spiro atoms. The zero-order chi connectivity index (χ0) is 13.7. The maximum absolute atomic E-state index is 11.0. The van der Waals surface area contributed by atoms with Crippen molar-refractivity contribution in [2.45, 2.75) is 27.3 Å².